The fourth-order valence-electron chi connectivity index (χ4n) is 2.06. The zero-order valence-corrected chi connectivity index (χ0v) is 12.9. The summed E-state index contributed by atoms with van der Waals surface area (Å²) in [6, 6.07) is 10.7. The van der Waals surface area contributed by atoms with Gasteiger partial charge in [0.25, 0.3) is 0 Å². The number of hydrogen-bond donors (Lipinski definition) is 1. The van der Waals surface area contributed by atoms with Crippen LogP contribution in [0.5, 0.6) is 5.75 Å². The fraction of sp³-hybridized carbons (Fsp3) is 0.250. The Morgan fingerprint density at radius 2 is 1.85 bits per heavy atom. The molecule has 20 heavy (non-hydrogen) atoms. The van der Waals surface area contributed by atoms with Gasteiger partial charge >= 0.3 is 0 Å². The third-order valence-corrected chi connectivity index (χ3v) is 3.59. The van der Waals surface area contributed by atoms with Gasteiger partial charge in [0.05, 0.1) is 6.61 Å². The zero-order valence-electron chi connectivity index (χ0n) is 11.4. The van der Waals surface area contributed by atoms with Gasteiger partial charge in [-0.05, 0) is 44.2 Å². The first-order chi connectivity index (χ1) is 9.52. The summed E-state index contributed by atoms with van der Waals surface area (Å²) in [5, 5.41) is 11.6. The molecule has 0 aliphatic carbocycles. The molecule has 0 saturated heterocycles. The first-order valence-electron chi connectivity index (χ1n) is 6.39. The summed E-state index contributed by atoms with van der Waals surface area (Å²) in [5.41, 5.74) is 2.31. The quantitative estimate of drug-likeness (QED) is 0.880. The Morgan fingerprint density at radius 3 is 2.55 bits per heavy atom. The van der Waals surface area contributed by atoms with Crippen molar-refractivity contribution in [1.82, 2.24) is 0 Å². The molecule has 2 nitrogen and oxygen atoms in total. The molecular weight excluding hydrogens is 295 g/mol. The lowest BCUT2D eigenvalue weighted by atomic mass is 9.99. The van der Waals surface area contributed by atoms with Crippen LogP contribution in [-0.2, 0) is 0 Å². The number of aliphatic hydroxyl groups is 1. The smallest absolute Gasteiger partial charge is 0.125 e. The van der Waals surface area contributed by atoms with Crippen LogP contribution >= 0.6 is 23.2 Å². The van der Waals surface area contributed by atoms with Crippen LogP contribution in [-0.4, -0.2) is 11.7 Å². The highest BCUT2D eigenvalue weighted by Gasteiger charge is 2.19. The van der Waals surface area contributed by atoms with E-state index in [2.05, 4.69) is 0 Å². The van der Waals surface area contributed by atoms with Crippen LogP contribution in [0.4, 0.5) is 0 Å². The highest BCUT2D eigenvalue weighted by atomic mass is 35.5. The second-order valence-corrected chi connectivity index (χ2v) is 5.39. The highest BCUT2D eigenvalue weighted by molar-refractivity contribution is 6.33. The normalized spacial score (nSPS) is 12.2. The minimum absolute atomic E-state index is 0.478. The van der Waals surface area contributed by atoms with E-state index in [9.17, 15) is 5.11 Å². The first kappa shape index (κ1) is 15.2. The van der Waals surface area contributed by atoms with Crippen LogP contribution in [0.25, 0.3) is 0 Å². The molecule has 1 unspecified atom stereocenters. The molecule has 0 amide bonds. The van der Waals surface area contributed by atoms with Crippen molar-refractivity contribution in [2.75, 3.05) is 6.61 Å². The van der Waals surface area contributed by atoms with E-state index in [0.29, 0.717) is 33.5 Å². The van der Waals surface area contributed by atoms with E-state index in [0.717, 1.165) is 5.56 Å². The molecule has 1 atom stereocenters. The van der Waals surface area contributed by atoms with Crippen molar-refractivity contribution in [3.63, 3.8) is 0 Å². The number of hydrogen-bond acceptors (Lipinski definition) is 2. The van der Waals surface area contributed by atoms with Gasteiger partial charge in [-0.2, -0.15) is 0 Å². The van der Waals surface area contributed by atoms with Crippen LogP contribution in [0.3, 0.4) is 0 Å². The van der Waals surface area contributed by atoms with E-state index < -0.39 is 6.10 Å². The summed E-state index contributed by atoms with van der Waals surface area (Å²) < 4.78 is 5.57. The first-order valence-corrected chi connectivity index (χ1v) is 7.15. The average Bonchev–Trinajstić information content (AvgIpc) is 2.43. The molecular formula is C16H16Cl2O2. The summed E-state index contributed by atoms with van der Waals surface area (Å²) in [4.78, 5) is 0. The maximum absolute atomic E-state index is 10.6. The summed E-state index contributed by atoms with van der Waals surface area (Å²) in [7, 11) is 0. The minimum atomic E-state index is -0.873. The molecule has 2 aromatic rings. The molecule has 0 aliphatic heterocycles. The van der Waals surface area contributed by atoms with Gasteiger partial charge < -0.3 is 9.84 Å². The van der Waals surface area contributed by atoms with Crippen LogP contribution in [0.2, 0.25) is 10.0 Å². The second kappa shape index (κ2) is 6.49. The molecule has 1 N–H and O–H groups in total. The molecule has 0 radical (unpaired) electrons. The van der Waals surface area contributed by atoms with Crippen molar-refractivity contribution >= 4 is 23.2 Å². The van der Waals surface area contributed by atoms with E-state index in [1.165, 1.54) is 0 Å². The lowest BCUT2D eigenvalue weighted by molar-refractivity contribution is 0.212. The molecule has 0 heterocycles. The topological polar surface area (TPSA) is 29.5 Å². The van der Waals surface area contributed by atoms with Crippen LogP contribution in [0.15, 0.2) is 36.4 Å². The maximum atomic E-state index is 10.6. The van der Waals surface area contributed by atoms with Gasteiger partial charge in [0.1, 0.15) is 11.9 Å². The predicted molar refractivity (Wildman–Crippen MR) is 82.9 cm³/mol. The number of rotatable bonds is 4. The molecule has 0 bridgehead atoms. The summed E-state index contributed by atoms with van der Waals surface area (Å²) in [5.74, 6) is 0.654. The molecule has 106 valence electrons. The average molecular weight is 311 g/mol. The summed E-state index contributed by atoms with van der Waals surface area (Å²) in [6.45, 7) is 4.40. The monoisotopic (exact) mass is 310 g/mol. The van der Waals surface area contributed by atoms with Crippen molar-refractivity contribution in [2.45, 2.75) is 20.0 Å². The van der Waals surface area contributed by atoms with Gasteiger partial charge in [-0.1, -0.05) is 34.8 Å². The molecule has 0 spiro atoms. The van der Waals surface area contributed by atoms with E-state index in [1.807, 2.05) is 32.0 Å². The Kier molecular flexibility index (Phi) is 4.92. The largest absolute Gasteiger partial charge is 0.493 e. The maximum Gasteiger partial charge on any atom is 0.125 e. The number of halogens is 2. The Bertz CT molecular complexity index is 611. The predicted octanol–water partition coefficient (Wildman–Crippen LogP) is 4.78. The van der Waals surface area contributed by atoms with Crippen molar-refractivity contribution in [1.29, 1.82) is 0 Å². The van der Waals surface area contributed by atoms with Crippen LogP contribution in [0.1, 0.15) is 29.7 Å². The Hall–Kier alpha value is -1.22. The van der Waals surface area contributed by atoms with Crippen LogP contribution < -0.4 is 4.74 Å². The van der Waals surface area contributed by atoms with Crippen molar-refractivity contribution in [2.24, 2.45) is 0 Å². The van der Waals surface area contributed by atoms with E-state index in [4.69, 9.17) is 27.9 Å². The number of aliphatic hydroxyl groups excluding tert-OH is 1. The van der Waals surface area contributed by atoms with Gasteiger partial charge in [0, 0.05) is 21.2 Å². The zero-order chi connectivity index (χ0) is 14.7. The summed E-state index contributed by atoms with van der Waals surface area (Å²) >= 11 is 12.1. The van der Waals surface area contributed by atoms with E-state index in [-0.39, 0.29) is 0 Å². The molecule has 0 fully saturated rings. The van der Waals surface area contributed by atoms with E-state index in [1.54, 1.807) is 18.2 Å². The number of aryl methyl sites for hydroxylation is 1. The Morgan fingerprint density at radius 1 is 1.10 bits per heavy atom. The fourth-order valence-corrected chi connectivity index (χ4v) is 2.46. The van der Waals surface area contributed by atoms with Gasteiger partial charge in [-0.15, -0.1) is 0 Å². The molecule has 0 saturated carbocycles. The number of benzene rings is 2. The molecule has 2 rings (SSSR count). The van der Waals surface area contributed by atoms with E-state index >= 15 is 0 Å². The SMILES string of the molecule is CCOc1ccc(C)cc1C(O)c1cc(Cl)ccc1Cl. The Balaban J connectivity index is 2.49. The lowest BCUT2D eigenvalue weighted by Gasteiger charge is -2.18. The van der Waals surface area contributed by atoms with Gasteiger partial charge in [0.2, 0.25) is 0 Å². The third-order valence-electron chi connectivity index (χ3n) is 3.01. The highest BCUT2D eigenvalue weighted by Crippen LogP contribution is 2.35. The Labute approximate surface area is 128 Å². The van der Waals surface area contributed by atoms with Gasteiger partial charge in [-0.3, -0.25) is 0 Å². The molecule has 4 heteroatoms. The second-order valence-electron chi connectivity index (χ2n) is 4.54. The third kappa shape index (κ3) is 3.26. The standard InChI is InChI=1S/C16H16Cl2O2/c1-3-20-15-7-4-10(2)8-13(15)16(19)12-9-11(17)5-6-14(12)18/h4-9,16,19H,3H2,1-2H3. The van der Waals surface area contributed by atoms with Crippen LogP contribution in [0, 0.1) is 6.92 Å². The van der Waals surface area contributed by atoms with Crippen molar-refractivity contribution in [3.05, 3.63) is 63.1 Å². The van der Waals surface area contributed by atoms with Gasteiger partial charge in [0.15, 0.2) is 0 Å². The molecule has 0 aliphatic rings. The lowest BCUT2D eigenvalue weighted by Crippen LogP contribution is -2.05. The molecule has 0 aromatic heterocycles. The van der Waals surface area contributed by atoms with Crippen molar-refractivity contribution in [3.8, 4) is 5.75 Å². The van der Waals surface area contributed by atoms with Gasteiger partial charge in [-0.25, -0.2) is 0 Å². The minimum Gasteiger partial charge on any atom is -0.493 e. The molecule has 2 aromatic carbocycles. The summed E-state index contributed by atoms with van der Waals surface area (Å²) in [6.07, 6.45) is -0.873. The van der Waals surface area contributed by atoms with Crippen molar-refractivity contribution < 1.29 is 9.84 Å². The number of ether oxygens (including phenoxy) is 1.